The average molecular weight is 156 g/mol. The number of ether oxygens (including phenoxy) is 1. The molecule has 11 heavy (non-hydrogen) atoms. The van der Waals surface area contributed by atoms with Gasteiger partial charge in [-0.1, -0.05) is 0 Å². The molecule has 0 amide bonds. The van der Waals surface area contributed by atoms with Crippen molar-refractivity contribution in [2.75, 3.05) is 21.2 Å². The molecule has 1 aliphatic carbocycles. The van der Waals surface area contributed by atoms with Crippen LogP contribution in [0.5, 0.6) is 0 Å². The van der Waals surface area contributed by atoms with E-state index in [1.807, 2.05) is 19.0 Å². The SMILES string of the molecule is COC1(C(=N)N(C)C)CCC1. The van der Waals surface area contributed by atoms with Crippen molar-refractivity contribution in [3.8, 4) is 0 Å². The van der Waals surface area contributed by atoms with Crippen molar-refractivity contribution in [1.82, 2.24) is 4.90 Å². The van der Waals surface area contributed by atoms with Gasteiger partial charge in [-0.3, -0.25) is 5.41 Å². The van der Waals surface area contributed by atoms with Crippen LogP contribution in [0.1, 0.15) is 19.3 Å². The molecule has 0 radical (unpaired) electrons. The summed E-state index contributed by atoms with van der Waals surface area (Å²) >= 11 is 0. The molecule has 0 aromatic rings. The van der Waals surface area contributed by atoms with Gasteiger partial charge in [-0.25, -0.2) is 0 Å². The van der Waals surface area contributed by atoms with Gasteiger partial charge in [0.05, 0.1) is 0 Å². The number of hydrogen-bond donors (Lipinski definition) is 1. The fourth-order valence-electron chi connectivity index (χ4n) is 1.44. The smallest absolute Gasteiger partial charge is 0.128 e. The van der Waals surface area contributed by atoms with Crippen LogP contribution in [0.4, 0.5) is 0 Å². The number of amidine groups is 1. The van der Waals surface area contributed by atoms with E-state index < -0.39 is 0 Å². The first-order valence-corrected chi connectivity index (χ1v) is 3.94. The zero-order chi connectivity index (χ0) is 8.48. The van der Waals surface area contributed by atoms with E-state index in [2.05, 4.69) is 0 Å². The minimum Gasteiger partial charge on any atom is -0.370 e. The highest BCUT2D eigenvalue weighted by Crippen LogP contribution is 2.36. The van der Waals surface area contributed by atoms with Crippen LogP contribution in [0.3, 0.4) is 0 Å². The zero-order valence-corrected chi connectivity index (χ0v) is 7.48. The maximum Gasteiger partial charge on any atom is 0.128 e. The molecule has 0 heterocycles. The molecule has 0 unspecified atom stereocenters. The van der Waals surface area contributed by atoms with Gasteiger partial charge in [0.15, 0.2) is 0 Å². The number of likely N-dealkylation sites (N-methyl/N-ethyl adjacent to an activating group) is 1. The molecule has 0 saturated heterocycles. The van der Waals surface area contributed by atoms with Gasteiger partial charge in [0.2, 0.25) is 0 Å². The molecule has 1 N–H and O–H groups in total. The molecule has 0 bridgehead atoms. The highest BCUT2D eigenvalue weighted by molar-refractivity contribution is 5.88. The van der Waals surface area contributed by atoms with Crippen LogP contribution in [0, 0.1) is 5.41 Å². The second-order valence-corrected chi connectivity index (χ2v) is 3.30. The third-order valence-corrected chi connectivity index (χ3v) is 2.43. The van der Waals surface area contributed by atoms with Crippen molar-refractivity contribution >= 4 is 5.84 Å². The average Bonchev–Trinajstić information content (AvgIpc) is 1.86. The zero-order valence-electron chi connectivity index (χ0n) is 7.48. The molecule has 1 aliphatic rings. The van der Waals surface area contributed by atoms with Gasteiger partial charge in [-0.15, -0.1) is 0 Å². The lowest BCUT2D eigenvalue weighted by Crippen LogP contribution is -2.52. The van der Waals surface area contributed by atoms with Gasteiger partial charge in [-0.2, -0.15) is 0 Å². The largest absolute Gasteiger partial charge is 0.370 e. The molecular formula is C8H16N2O. The van der Waals surface area contributed by atoms with Crippen LogP contribution in [0.25, 0.3) is 0 Å². The normalized spacial score (nSPS) is 20.6. The molecule has 0 aromatic carbocycles. The van der Waals surface area contributed by atoms with E-state index in [0.717, 1.165) is 12.8 Å². The van der Waals surface area contributed by atoms with E-state index in [9.17, 15) is 0 Å². The van der Waals surface area contributed by atoms with E-state index in [0.29, 0.717) is 5.84 Å². The Morgan fingerprint density at radius 1 is 1.45 bits per heavy atom. The van der Waals surface area contributed by atoms with Gasteiger partial charge in [-0.05, 0) is 19.3 Å². The van der Waals surface area contributed by atoms with Gasteiger partial charge < -0.3 is 9.64 Å². The number of rotatable bonds is 2. The Bertz CT molecular complexity index is 156. The van der Waals surface area contributed by atoms with Gasteiger partial charge in [0.25, 0.3) is 0 Å². The highest BCUT2D eigenvalue weighted by Gasteiger charge is 2.42. The van der Waals surface area contributed by atoms with Gasteiger partial charge in [0.1, 0.15) is 11.4 Å². The van der Waals surface area contributed by atoms with Crippen LogP contribution < -0.4 is 0 Å². The molecule has 64 valence electrons. The Morgan fingerprint density at radius 3 is 2.09 bits per heavy atom. The lowest BCUT2D eigenvalue weighted by Gasteiger charge is -2.42. The summed E-state index contributed by atoms with van der Waals surface area (Å²) in [5.41, 5.74) is -0.247. The Labute approximate surface area is 67.8 Å². The first-order valence-electron chi connectivity index (χ1n) is 3.94. The Hall–Kier alpha value is -0.570. The van der Waals surface area contributed by atoms with Gasteiger partial charge in [0, 0.05) is 21.2 Å². The lowest BCUT2D eigenvalue weighted by atomic mass is 9.78. The summed E-state index contributed by atoms with van der Waals surface area (Å²) in [4.78, 5) is 1.82. The summed E-state index contributed by atoms with van der Waals surface area (Å²) in [6.07, 6.45) is 3.19. The minimum atomic E-state index is -0.247. The molecule has 0 atom stereocenters. The van der Waals surface area contributed by atoms with Gasteiger partial charge >= 0.3 is 0 Å². The lowest BCUT2D eigenvalue weighted by molar-refractivity contribution is -0.0206. The van der Waals surface area contributed by atoms with Crippen LogP contribution in [-0.4, -0.2) is 37.5 Å². The standard InChI is InChI=1S/C8H16N2O/c1-10(2)7(9)8(11-3)5-4-6-8/h9H,4-6H2,1-3H3. The van der Waals surface area contributed by atoms with Crippen molar-refractivity contribution < 1.29 is 4.74 Å². The van der Waals surface area contributed by atoms with E-state index in [1.54, 1.807) is 7.11 Å². The molecule has 0 aliphatic heterocycles. The first kappa shape index (κ1) is 8.53. The third kappa shape index (κ3) is 1.25. The number of nitrogens with zero attached hydrogens (tertiary/aromatic N) is 1. The van der Waals surface area contributed by atoms with E-state index in [4.69, 9.17) is 10.1 Å². The number of nitrogens with one attached hydrogen (secondary N) is 1. The van der Waals surface area contributed by atoms with Crippen molar-refractivity contribution in [2.45, 2.75) is 24.9 Å². The summed E-state index contributed by atoms with van der Waals surface area (Å²) in [5, 5.41) is 7.75. The molecular weight excluding hydrogens is 140 g/mol. The van der Waals surface area contributed by atoms with Crippen molar-refractivity contribution in [1.29, 1.82) is 5.41 Å². The summed E-state index contributed by atoms with van der Waals surface area (Å²) in [5.74, 6) is 0.603. The molecule has 0 aromatic heterocycles. The highest BCUT2D eigenvalue weighted by atomic mass is 16.5. The van der Waals surface area contributed by atoms with Crippen LogP contribution >= 0.6 is 0 Å². The molecule has 3 nitrogen and oxygen atoms in total. The Morgan fingerprint density at radius 2 is 2.00 bits per heavy atom. The minimum absolute atomic E-state index is 0.247. The first-order chi connectivity index (χ1) is 5.12. The Kier molecular flexibility index (Phi) is 2.18. The predicted molar refractivity (Wildman–Crippen MR) is 45.0 cm³/mol. The third-order valence-electron chi connectivity index (χ3n) is 2.43. The molecule has 1 rings (SSSR count). The van der Waals surface area contributed by atoms with E-state index in [-0.39, 0.29) is 5.60 Å². The Balaban J connectivity index is 2.62. The number of hydrogen-bond acceptors (Lipinski definition) is 2. The van der Waals surface area contributed by atoms with E-state index >= 15 is 0 Å². The summed E-state index contributed by atoms with van der Waals surface area (Å²) < 4.78 is 5.33. The maximum absolute atomic E-state index is 7.75. The monoisotopic (exact) mass is 156 g/mol. The van der Waals surface area contributed by atoms with Crippen molar-refractivity contribution in [3.05, 3.63) is 0 Å². The molecule has 1 fully saturated rings. The second-order valence-electron chi connectivity index (χ2n) is 3.30. The van der Waals surface area contributed by atoms with E-state index in [1.165, 1.54) is 6.42 Å². The fraction of sp³-hybridized carbons (Fsp3) is 0.875. The number of methoxy groups -OCH3 is 1. The molecule has 3 heteroatoms. The topological polar surface area (TPSA) is 36.3 Å². The summed E-state index contributed by atoms with van der Waals surface area (Å²) in [6, 6.07) is 0. The van der Waals surface area contributed by atoms with Crippen LogP contribution in [0.2, 0.25) is 0 Å². The van der Waals surface area contributed by atoms with Crippen LogP contribution in [0.15, 0.2) is 0 Å². The molecule has 1 saturated carbocycles. The predicted octanol–water partition coefficient (Wildman–Crippen LogP) is 1.09. The second kappa shape index (κ2) is 2.81. The summed E-state index contributed by atoms with van der Waals surface area (Å²) in [7, 11) is 5.47. The molecule has 0 spiro atoms. The summed E-state index contributed by atoms with van der Waals surface area (Å²) in [6.45, 7) is 0. The van der Waals surface area contributed by atoms with Crippen molar-refractivity contribution in [3.63, 3.8) is 0 Å². The quantitative estimate of drug-likeness (QED) is 0.480. The van der Waals surface area contributed by atoms with Crippen LogP contribution in [-0.2, 0) is 4.74 Å². The maximum atomic E-state index is 7.75. The fourth-order valence-corrected chi connectivity index (χ4v) is 1.44. The van der Waals surface area contributed by atoms with Crippen molar-refractivity contribution in [2.24, 2.45) is 0 Å².